The molecule has 0 atom stereocenters. The Labute approximate surface area is 197 Å². The summed E-state index contributed by atoms with van der Waals surface area (Å²) in [5.41, 5.74) is 5.93. The topological polar surface area (TPSA) is 54.9 Å². The van der Waals surface area contributed by atoms with E-state index in [0.717, 1.165) is 37.8 Å². The molecule has 7 heteroatoms. The number of fused-ring (bicyclic) bond motifs is 2. The van der Waals surface area contributed by atoms with Gasteiger partial charge in [-0.05, 0) is 67.1 Å². The number of thiophene rings is 1. The molecule has 2 aromatic carbocycles. The lowest BCUT2D eigenvalue weighted by Crippen LogP contribution is -2.09. The molecular weight excluding hydrogens is 454 g/mol. The molecule has 0 saturated carbocycles. The summed E-state index contributed by atoms with van der Waals surface area (Å²) >= 11 is 4.57. The third-order valence-electron chi connectivity index (χ3n) is 5.70. The number of carbonyl (C=O) groups is 1. The molecule has 6 rings (SSSR count). The van der Waals surface area contributed by atoms with Gasteiger partial charge in [-0.25, -0.2) is 9.97 Å². The molecule has 3 heterocycles. The first-order valence-electron chi connectivity index (χ1n) is 10.6. The van der Waals surface area contributed by atoms with E-state index in [-0.39, 0.29) is 5.91 Å². The average Bonchev–Trinajstić information content (AvgIpc) is 3.57. The van der Waals surface area contributed by atoms with Crippen LogP contribution in [0.5, 0.6) is 0 Å². The zero-order valence-corrected chi connectivity index (χ0v) is 19.6. The normalized spacial score (nSPS) is 13.2. The van der Waals surface area contributed by atoms with E-state index >= 15 is 0 Å². The van der Waals surface area contributed by atoms with Crippen molar-refractivity contribution in [1.82, 2.24) is 9.97 Å². The first-order valence-corrected chi connectivity index (χ1v) is 13.1. The fourth-order valence-corrected chi connectivity index (χ4v) is 6.70. The highest BCUT2D eigenvalue weighted by atomic mass is 32.1. The van der Waals surface area contributed by atoms with Gasteiger partial charge in [0.1, 0.15) is 5.01 Å². The van der Waals surface area contributed by atoms with Crippen molar-refractivity contribution in [3.05, 3.63) is 76.0 Å². The number of para-hydroxylation sites is 1. The molecule has 1 aliphatic carbocycles. The van der Waals surface area contributed by atoms with Gasteiger partial charge in [0.05, 0.1) is 25.7 Å². The van der Waals surface area contributed by atoms with E-state index in [1.165, 1.54) is 53.1 Å². The van der Waals surface area contributed by atoms with Gasteiger partial charge in [-0.3, -0.25) is 10.1 Å². The highest BCUT2D eigenvalue weighted by Gasteiger charge is 2.16. The highest BCUT2D eigenvalue weighted by Crippen LogP contribution is 2.35. The molecule has 0 spiro atoms. The van der Waals surface area contributed by atoms with Gasteiger partial charge in [0, 0.05) is 10.9 Å². The summed E-state index contributed by atoms with van der Waals surface area (Å²) in [6.07, 6.45) is 4.86. The predicted octanol–water partition coefficient (Wildman–Crippen LogP) is 7.28. The Morgan fingerprint density at radius 1 is 0.906 bits per heavy atom. The van der Waals surface area contributed by atoms with Crippen molar-refractivity contribution in [3.8, 4) is 21.1 Å². The summed E-state index contributed by atoms with van der Waals surface area (Å²) in [5.74, 6) is -0.131. The number of thiazole rings is 2. The van der Waals surface area contributed by atoms with Crippen LogP contribution in [-0.2, 0) is 12.8 Å². The molecule has 1 amide bonds. The molecule has 0 fully saturated rings. The van der Waals surface area contributed by atoms with E-state index in [9.17, 15) is 4.79 Å². The Bertz CT molecular complexity index is 1410. The molecule has 4 nitrogen and oxygen atoms in total. The summed E-state index contributed by atoms with van der Waals surface area (Å²) in [5, 5.41) is 6.55. The van der Waals surface area contributed by atoms with E-state index in [2.05, 4.69) is 34.6 Å². The molecule has 1 N–H and O–H groups in total. The SMILES string of the molecule is O=C(Nc1nc(-c2ccc3c(c2)CCCC3)cs1)c1ccc(-c2nc3ccccc3s2)s1. The Morgan fingerprint density at radius 2 is 1.78 bits per heavy atom. The lowest BCUT2D eigenvalue weighted by molar-refractivity contribution is 0.103. The lowest BCUT2D eigenvalue weighted by Gasteiger charge is -2.16. The van der Waals surface area contributed by atoms with Crippen LogP contribution < -0.4 is 5.32 Å². The van der Waals surface area contributed by atoms with Gasteiger partial charge < -0.3 is 0 Å². The molecule has 0 bridgehead atoms. The van der Waals surface area contributed by atoms with Crippen molar-refractivity contribution >= 4 is 55.3 Å². The number of amides is 1. The molecule has 0 saturated heterocycles. The quantitative estimate of drug-likeness (QED) is 0.298. The van der Waals surface area contributed by atoms with Gasteiger partial charge in [0.15, 0.2) is 5.13 Å². The van der Waals surface area contributed by atoms with Crippen molar-refractivity contribution in [2.75, 3.05) is 5.32 Å². The second kappa shape index (κ2) is 8.24. The molecule has 0 unspecified atom stereocenters. The Morgan fingerprint density at radius 3 is 2.69 bits per heavy atom. The number of hydrogen-bond acceptors (Lipinski definition) is 6. The van der Waals surface area contributed by atoms with Crippen LogP contribution in [-0.4, -0.2) is 15.9 Å². The third kappa shape index (κ3) is 3.77. The third-order valence-corrected chi connectivity index (χ3v) is 8.75. The summed E-state index contributed by atoms with van der Waals surface area (Å²) < 4.78 is 1.15. The second-order valence-electron chi connectivity index (χ2n) is 7.83. The fraction of sp³-hybridized carbons (Fsp3) is 0.160. The molecule has 0 aliphatic heterocycles. The van der Waals surface area contributed by atoms with Gasteiger partial charge in [0.2, 0.25) is 0 Å². The Kier molecular flexibility index (Phi) is 5.09. The maximum Gasteiger partial charge on any atom is 0.267 e. The largest absolute Gasteiger partial charge is 0.297 e. The first-order chi connectivity index (χ1) is 15.7. The van der Waals surface area contributed by atoms with Crippen LogP contribution in [0.3, 0.4) is 0 Å². The highest BCUT2D eigenvalue weighted by molar-refractivity contribution is 7.26. The van der Waals surface area contributed by atoms with Crippen LogP contribution in [0.4, 0.5) is 5.13 Å². The van der Waals surface area contributed by atoms with Crippen LogP contribution in [0.15, 0.2) is 60.0 Å². The van der Waals surface area contributed by atoms with Gasteiger partial charge in [-0.1, -0.05) is 24.3 Å². The summed E-state index contributed by atoms with van der Waals surface area (Å²) in [6, 6.07) is 18.6. The average molecular weight is 474 g/mol. The van der Waals surface area contributed by atoms with Crippen LogP contribution in [0.1, 0.15) is 33.6 Å². The van der Waals surface area contributed by atoms with Crippen molar-refractivity contribution in [1.29, 1.82) is 0 Å². The first kappa shape index (κ1) is 19.8. The minimum atomic E-state index is -0.131. The van der Waals surface area contributed by atoms with Crippen LogP contribution in [0.2, 0.25) is 0 Å². The maximum atomic E-state index is 12.8. The lowest BCUT2D eigenvalue weighted by atomic mass is 9.90. The number of carbonyl (C=O) groups excluding carboxylic acids is 1. The standard InChI is InChI=1S/C25H19N3OS3/c29-23(21-11-12-22(31-21)24-26-18-7-3-4-8-20(18)32-24)28-25-27-19(14-30-25)17-10-9-15-5-1-2-6-16(15)13-17/h3-4,7-14H,1-2,5-6H2,(H,27,28,29). The number of benzene rings is 2. The van der Waals surface area contributed by atoms with E-state index in [1.54, 1.807) is 11.3 Å². The number of rotatable bonds is 4. The van der Waals surface area contributed by atoms with Crippen LogP contribution in [0, 0.1) is 0 Å². The van der Waals surface area contributed by atoms with E-state index in [4.69, 9.17) is 4.98 Å². The number of nitrogens with one attached hydrogen (secondary N) is 1. The van der Waals surface area contributed by atoms with E-state index in [0.29, 0.717) is 10.0 Å². The Balaban J connectivity index is 1.19. The van der Waals surface area contributed by atoms with Gasteiger partial charge in [-0.2, -0.15) is 0 Å². The van der Waals surface area contributed by atoms with E-state index in [1.807, 2.05) is 35.7 Å². The number of aryl methyl sites for hydroxylation is 2. The smallest absolute Gasteiger partial charge is 0.267 e. The van der Waals surface area contributed by atoms with Gasteiger partial charge in [-0.15, -0.1) is 34.0 Å². The zero-order chi connectivity index (χ0) is 21.5. The van der Waals surface area contributed by atoms with Crippen LogP contribution in [0.25, 0.3) is 31.4 Å². The van der Waals surface area contributed by atoms with Crippen molar-refractivity contribution in [2.24, 2.45) is 0 Å². The monoisotopic (exact) mass is 473 g/mol. The number of nitrogens with zero attached hydrogens (tertiary/aromatic N) is 2. The van der Waals surface area contributed by atoms with E-state index < -0.39 is 0 Å². The molecule has 0 radical (unpaired) electrons. The molecular formula is C25H19N3OS3. The molecule has 3 aromatic heterocycles. The number of hydrogen-bond donors (Lipinski definition) is 1. The molecule has 158 valence electrons. The summed E-state index contributed by atoms with van der Waals surface area (Å²) in [6.45, 7) is 0. The molecule has 1 aliphatic rings. The summed E-state index contributed by atoms with van der Waals surface area (Å²) in [4.78, 5) is 23.8. The second-order valence-corrected chi connectivity index (χ2v) is 10.8. The van der Waals surface area contributed by atoms with Gasteiger partial charge >= 0.3 is 0 Å². The minimum absolute atomic E-state index is 0.131. The predicted molar refractivity (Wildman–Crippen MR) is 135 cm³/mol. The minimum Gasteiger partial charge on any atom is -0.297 e. The van der Waals surface area contributed by atoms with Crippen molar-refractivity contribution in [3.63, 3.8) is 0 Å². The molecule has 32 heavy (non-hydrogen) atoms. The maximum absolute atomic E-state index is 12.8. The molecule has 5 aromatic rings. The van der Waals surface area contributed by atoms with Crippen molar-refractivity contribution < 1.29 is 4.79 Å². The fourth-order valence-electron chi connectivity index (χ4n) is 4.07. The van der Waals surface area contributed by atoms with Gasteiger partial charge in [0.25, 0.3) is 5.91 Å². The zero-order valence-electron chi connectivity index (χ0n) is 17.1. The van der Waals surface area contributed by atoms with Crippen LogP contribution >= 0.6 is 34.0 Å². The Hall–Kier alpha value is -2.87. The number of aromatic nitrogens is 2. The summed E-state index contributed by atoms with van der Waals surface area (Å²) in [7, 11) is 0. The van der Waals surface area contributed by atoms with Crippen molar-refractivity contribution in [2.45, 2.75) is 25.7 Å². The number of anilines is 1.